The van der Waals surface area contributed by atoms with Gasteiger partial charge in [-0.2, -0.15) is 19.9 Å². The summed E-state index contributed by atoms with van der Waals surface area (Å²) in [5, 5.41) is 9.28. The number of rotatable bonds is 5. The van der Waals surface area contributed by atoms with Gasteiger partial charge in [-0.05, 0) is 12.1 Å². The quantitative estimate of drug-likeness (QED) is 0.436. The van der Waals surface area contributed by atoms with Gasteiger partial charge in [-0.1, -0.05) is 12.1 Å². The first-order valence-corrected chi connectivity index (χ1v) is 7.74. The maximum absolute atomic E-state index is 5.16. The number of hydrazone groups is 1. The van der Waals surface area contributed by atoms with Crippen molar-refractivity contribution in [3.05, 3.63) is 60.8 Å². The average Bonchev–Trinajstić information content (AvgIpc) is 3.14. The van der Waals surface area contributed by atoms with Crippen LogP contribution in [0.4, 0.5) is 5.82 Å². The third-order valence-electron chi connectivity index (χ3n) is 3.57. The van der Waals surface area contributed by atoms with E-state index in [-0.39, 0.29) is 0 Å². The van der Waals surface area contributed by atoms with Crippen LogP contribution in [0.3, 0.4) is 0 Å². The summed E-state index contributed by atoms with van der Waals surface area (Å²) in [5.74, 6) is 1.65. The average molecular weight is 346 g/mol. The number of nitrogens with one attached hydrogen (secondary N) is 1. The van der Waals surface area contributed by atoms with Crippen molar-refractivity contribution < 1.29 is 4.74 Å². The van der Waals surface area contributed by atoms with Crippen molar-refractivity contribution in [2.45, 2.75) is 0 Å². The Labute approximate surface area is 148 Å². The smallest absolute Gasteiger partial charge is 0.214 e. The van der Waals surface area contributed by atoms with E-state index in [1.54, 1.807) is 42.7 Å². The molecular formula is C17H14N8O. The number of aromatic nitrogens is 6. The van der Waals surface area contributed by atoms with Gasteiger partial charge in [0, 0.05) is 24.0 Å². The van der Waals surface area contributed by atoms with Crippen LogP contribution in [0.1, 0.15) is 5.56 Å². The minimum Gasteiger partial charge on any atom is -0.481 e. The fourth-order valence-corrected chi connectivity index (χ4v) is 2.36. The summed E-state index contributed by atoms with van der Waals surface area (Å²) in [7, 11) is 1.57. The zero-order valence-electron chi connectivity index (χ0n) is 13.8. The summed E-state index contributed by atoms with van der Waals surface area (Å²) < 4.78 is 6.78. The van der Waals surface area contributed by atoms with E-state index in [0.717, 1.165) is 10.9 Å². The molecule has 0 unspecified atom stereocenters. The standard InChI is InChI=1S/C17H14N8O/c1-26-15-6-2-5-14(23-15)25-17-13(10-22-25)16(19-11-20-17)24-21-9-12-4-3-7-18-8-12/h2-11H,1H3,(H,19,20,24)/b21-9+. The van der Waals surface area contributed by atoms with Crippen LogP contribution in [0.5, 0.6) is 5.88 Å². The number of nitrogens with zero attached hydrogens (tertiary/aromatic N) is 7. The molecule has 26 heavy (non-hydrogen) atoms. The molecule has 0 saturated carbocycles. The van der Waals surface area contributed by atoms with Crippen LogP contribution >= 0.6 is 0 Å². The third kappa shape index (κ3) is 3.05. The number of ether oxygens (including phenoxy) is 1. The predicted octanol–water partition coefficient (Wildman–Crippen LogP) is 2.06. The molecule has 4 aromatic rings. The van der Waals surface area contributed by atoms with Crippen LogP contribution in [0.15, 0.2) is 60.4 Å². The first kappa shape index (κ1) is 15.6. The van der Waals surface area contributed by atoms with Crippen molar-refractivity contribution >= 4 is 23.1 Å². The molecule has 0 aliphatic carbocycles. The lowest BCUT2D eigenvalue weighted by Crippen LogP contribution is -2.02. The Morgan fingerprint density at radius 1 is 1.15 bits per heavy atom. The lowest BCUT2D eigenvalue weighted by Gasteiger charge is -2.04. The van der Waals surface area contributed by atoms with E-state index >= 15 is 0 Å². The first-order valence-electron chi connectivity index (χ1n) is 7.74. The summed E-state index contributed by atoms with van der Waals surface area (Å²) in [5.41, 5.74) is 4.40. The first-order chi connectivity index (χ1) is 12.8. The van der Waals surface area contributed by atoms with E-state index in [9.17, 15) is 0 Å². The summed E-state index contributed by atoms with van der Waals surface area (Å²) in [6.45, 7) is 0. The zero-order valence-corrected chi connectivity index (χ0v) is 13.8. The molecular weight excluding hydrogens is 332 g/mol. The molecule has 9 heteroatoms. The van der Waals surface area contributed by atoms with Crippen molar-refractivity contribution in [2.75, 3.05) is 12.5 Å². The highest BCUT2D eigenvalue weighted by Crippen LogP contribution is 2.21. The normalized spacial score (nSPS) is 11.1. The van der Waals surface area contributed by atoms with E-state index in [2.05, 4.69) is 35.6 Å². The molecule has 4 rings (SSSR count). The molecule has 0 aromatic carbocycles. The molecule has 0 atom stereocenters. The van der Waals surface area contributed by atoms with E-state index in [4.69, 9.17) is 4.74 Å². The highest BCUT2D eigenvalue weighted by molar-refractivity contribution is 5.87. The number of methoxy groups -OCH3 is 1. The van der Waals surface area contributed by atoms with Gasteiger partial charge in [0.25, 0.3) is 0 Å². The second-order valence-corrected chi connectivity index (χ2v) is 5.21. The molecule has 0 bridgehead atoms. The predicted molar refractivity (Wildman–Crippen MR) is 96.5 cm³/mol. The zero-order chi connectivity index (χ0) is 17.8. The van der Waals surface area contributed by atoms with Crippen LogP contribution in [0, 0.1) is 0 Å². The second kappa shape index (κ2) is 6.93. The van der Waals surface area contributed by atoms with Gasteiger partial charge in [0.2, 0.25) is 5.88 Å². The van der Waals surface area contributed by atoms with Gasteiger partial charge in [-0.3, -0.25) is 10.4 Å². The van der Waals surface area contributed by atoms with Gasteiger partial charge in [-0.15, -0.1) is 0 Å². The Hall–Kier alpha value is -3.88. The van der Waals surface area contributed by atoms with Crippen LogP contribution in [-0.4, -0.2) is 43.0 Å². The maximum Gasteiger partial charge on any atom is 0.214 e. The third-order valence-corrected chi connectivity index (χ3v) is 3.57. The molecule has 0 radical (unpaired) electrons. The van der Waals surface area contributed by atoms with Crippen LogP contribution < -0.4 is 10.2 Å². The van der Waals surface area contributed by atoms with E-state index in [0.29, 0.717) is 23.2 Å². The Kier molecular flexibility index (Phi) is 4.17. The Bertz CT molecular complexity index is 1060. The summed E-state index contributed by atoms with van der Waals surface area (Å²) >= 11 is 0. The van der Waals surface area contributed by atoms with Crippen molar-refractivity contribution in [1.82, 2.24) is 29.7 Å². The van der Waals surface area contributed by atoms with Crippen molar-refractivity contribution in [3.63, 3.8) is 0 Å². The Morgan fingerprint density at radius 3 is 2.96 bits per heavy atom. The van der Waals surface area contributed by atoms with Crippen LogP contribution in [0.25, 0.3) is 16.9 Å². The van der Waals surface area contributed by atoms with E-state index in [1.807, 2.05) is 24.3 Å². The highest BCUT2D eigenvalue weighted by atomic mass is 16.5. The van der Waals surface area contributed by atoms with Gasteiger partial charge in [0.15, 0.2) is 17.3 Å². The summed E-state index contributed by atoms with van der Waals surface area (Å²) in [4.78, 5) is 16.9. The van der Waals surface area contributed by atoms with Gasteiger partial charge < -0.3 is 4.74 Å². The molecule has 4 heterocycles. The highest BCUT2D eigenvalue weighted by Gasteiger charge is 2.12. The fraction of sp³-hybridized carbons (Fsp3) is 0.0588. The Balaban J connectivity index is 1.66. The molecule has 0 aliphatic rings. The lowest BCUT2D eigenvalue weighted by atomic mass is 10.3. The molecule has 0 saturated heterocycles. The minimum atomic E-state index is 0.500. The molecule has 0 aliphatic heterocycles. The number of hydrogen-bond donors (Lipinski definition) is 1. The molecule has 9 nitrogen and oxygen atoms in total. The van der Waals surface area contributed by atoms with Crippen LogP contribution in [0.2, 0.25) is 0 Å². The molecule has 1 N–H and O–H groups in total. The number of fused-ring (bicyclic) bond motifs is 1. The monoisotopic (exact) mass is 346 g/mol. The van der Waals surface area contributed by atoms with Crippen LogP contribution in [-0.2, 0) is 0 Å². The Morgan fingerprint density at radius 2 is 2.12 bits per heavy atom. The topological polar surface area (TPSA) is 103 Å². The minimum absolute atomic E-state index is 0.500. The molecule has 4 aromatic heterocycles. The van der Waals surface area contributed by atoms with Crippen molar-refractivity contribution in [2.24, 2.45) is 5.10 Å². The number of anilines is 1. The van der Waals surface area contributed by atoms with Gasteiger partial charge in [0.05, 0.1) is 24.9 Å². The molecule has 0 fully saturated rings. The molecule has 128 valence electrons. The SMILES string of the molecule is COc1cccc(-n2ncc3c(N/N=C/c4cccnc4)ncnc32)n1. The maximum atomic E-state index is 5.16. The largest absolute Gasteiger partial charge is 0.481 e. The van der Waals surface area contributed by atoms with Crippen molar-refractivity contribution in [3.8, 4) is 11.7 Å². The molecule has 0 amide bonds. The van der Waals surface area contributed by atoms with Crippen molar-refractivity contribution in [1.29, 1.82) is 0 Å². The second-order valence-electron chi connectivity index (χ2n) is 5.21. The molecule has 0 spiro atoms. The van der Waals surface area contributed by atoms with Gasteiger partial charge in [-0.25, -0.2) is 9.97 Å². The fourth-order valence-electron chi connectivity index (χ4n) is 2.36. The van der Waals surface area contributed by atoms with E-state index < -0.39 is 0 Å². The summed E-state index contributed by atoms with van der Waals surface area (Å²) in [6.07, 6.45) is 8.20. The van der Waals surface area contributed by atoms with Gasteiger partial charge >= 0.3 is 0 Å². The summed E-state index contributed by atoms with van der Waals surface area (Å²) in [6, 6.07) is 9.18. The van der Waals surface area contributed by atoms with Gasteiger partial charge in [0.1, 0.15) is 6.33 Å². The lowest BCUT2D eigenvalue weighted by molar-refractivity contribution is 0.397. The van der Waals surface area contributed by atoms with E-state index in [1.165, 1.54) is 6.33 Å². The number of hydrogen-bond acceptors (Lipinski definition) is 8. The number of pyridine rings is 2.